The highest BCUT2D eigenvalue weighted by molar-refractivity contribution is 7.59. The number of anilines is 1. The first-order valence-electron chi connectivity index (χ1n) is 13.8. The second-order valence-corrected chi connectivity index (χ2v) is 12.6. The number of piperidine rings is 1. The molecule has 3 fully saturated rings. The normalized spacial score (nSPS) is 20.6. The Morgan fingerprint density at radius 2 is 1.51 bits per heavy atom. The molecule has 0 aliphatic carbocycles. The van der Waals surface area contributed by atoms with Crippen LogP contribution in [0.3, 0.4) is 0 Å². The number of amides is 2. The molecule has 3 aliphatic heterocycles. The molecule has 2 N–H and O–H groups in total. The Hall–Kier alpha value is -1.72. The van der Waals surface area contributed by atoms with Gasteiger partial charge in [-0.25, -0.2) is 0 Å². The molecule has 0 radical (unpaired) electrons. The third-order valence-corrected chi connectivity index (χ3v) is 9.13. The van der Waals surface area contributed by atoms with Crippen LogP contribution in [0.5, 0.6) is 0 Å². The largest absolute Gasteiger partial charge is 0.380 e. The van der Waals surface area contributed by atoms with E-state index in [-0.39, 0.29) is 25.3 Å². The summed E-state index contributed by atoms with van der Waals surface area (Å²) in [5, 5.41) is 15.8. The van der Waals surface area contributed by atoms with Crippen LogP contribution in [0.4, 0.5) is 5.69 Å². The first-order valence-corrected chi connectivity index (χ1v) is 14.9. The van der Waals surface area contributed by atoms with Crippen LogP contribution in [0.15, 0.2) is 36.4 Å². The van der Waals surface area contributed by atoms with E-state index in [9.17, 15) is 14.7 Å². The maximum absolute atomic E-state index is 13.2. The van der Waals surface area contributed by atoms with E-state index < -0.39 is 5.60 Å². The molecule has 3 heterocycles. The molecule has 3 aliphatic rings. The van der Waals surface area contributed by atoms with Crippen LogP contribution in [0.2, 0.25) is 15.1 Å². The smallest absolute Gasteiger partial charge is 0.258 e. The second-order valence-electron chi connectivity index (χ2n) is 11.3. The first-order chi connectivity index (χ1) is 19.0. The van der Waals surface area contributed by atoms with Crippen molar-refractivity contribution in [2.24, 2.45) is 0 Å². The van der Waals surface area contributed by atoms with Crippen LogP contribution < -0.4 is 5.32 Å². The first kappa shape index (κ1) is 32.2. The molecule has 0 saturated carbocycles. The molecular formula is C29H38Cl3N5O3S. The lowest BCUT2D eigenvalue weighted by Crippen LogP contribution is -2.61. The summed E-state index contributed by atoms with van der Waals surface area (Å²) >= 11 is 18.7. The minimum atomic E-state index is -1.70. The Balaban J connectivity index is 0.00000387. The lowest BCUT2D eigenvalue weighted by atomic mass is 9.92. The number of carbonyl (C=O) groups excluding carboxylic acids is 2. The van der Waals surface area contributed by atoms with E-state index in [1.165, 1.54) is 6.92 Å². The second kappa shape index (κ2) is 13.3. The number of nitrogens with zero attached hydrogens (tertiary/aromatic N) is 4. The zero-order valence-corrected chi connectivity index (χ0v) is 26.6. The fraction of sp³-hybridized carbons (Fsp3) is 0.517. The van der Waals surface area contributed by atoms with Crippen LogP contribution in [-0.2, 0) is 10.4 Å². The zero-order chi connectivity index (χ0) is 28.6. The SMILES string of the molecule is CN1CCN(C(=O)c2ccc(NC3CN(C4CCN(C(=O)[C@@](C)(O)c5cc(Cl)cc(Cl)c5)CC4)C3)cc2Cl)CC1.S. The molecule has 12 heteroatoms. The maximum atomic E-state index is 13.2. The van der Waals surface area contributed by atoms with Gasteiger partial charge in [-0.15, -0.1) is 0 Å². The van der Waals surface area contributed by atoms with Crippen LogP contribution in [0.1, 0.15) is 35.7 Å². The number of piperazine rings is 1. The van der Waals surface area contributed by atoms with E-state index in [1.807, 2.05) is 23.1 Å². The molecular weight excluding hydrogens is 605 g/mol. The average Bonchev–Trinajstić information content (AvgIpc) is 2.90. The van der Waals surface area contributed by atoms with E-state index >= 15 is 0 Å². The molecule has 2 aromatic rings. The molecule has 224 valence electrons. The van der Waals surface area contributed by atoms with Crippen molar-refractivity contribution in [3.8, 4) is 0 Å². The molecule has 0 unspecified atom stereocenters. The van der Waals surface area contributed by atoms with Crippen molar-refractivity contribution in [2.45, 2.75) is 37.5 Å². The predicted molar refractivity (Wildman–Crippen MR) is 170 cm³/mol. The number of nitrogens with one attached hydrogen (secondary N) is 1. The number of hydrogen-bond acceptors (Lipinski definition) is 6. The number of likely N-dealkylation sites (tertiary alicyclic amines) is 2. The number of rotatable bonds is 6. The summed E-state index contributed by atoms with van der Waals surface area (Å²) in [5.41, 5.74) is 0.156. The number of hydrogen-bond donors (Lipinski definition) is 2. The van der Waals surface area contributed by atoms with Gasteiger partial charge in [-0.2, -0.15) is 13.5 Å². The van der Waals surface area contributed by atoms with Crippen LogP contribution >= 0.6 is 48.3 Å². The minimum Gasteiger partial charge on any atom is -0.380 e. The van der Waals surface area contributed by atoms with Crippen molar-refractivity contribution in [1.82, 2.24) is 19.6 Å². The number of halogens is 3. The topological polar surface area (TPSA) is 79.4 Å². The average molecular weight is 643 g/mol. The molecule has 2 aromatic carbocycles. The fourth-order valence-electron chi connectivity index (χ4n) is 5.80. The molecule has 8 nitrogen and oxygen atoms in total. The van der Waals surface area contributed by atoms with Gasteiger partial charge in [0.2, 0.25) is 0 Å². The summed E-state index contributed by atoms with van der Waals surface area (Å²) in [6.07, 6.45) is 1.69. The summed E-state index contributed by atoms with van der Waals surface area (Å²) in [4.78, 5) is 34.3. The quantitative estimate of drug-likeness (QED) is 0.493. The lowest BCUT2D eigenvalue weighted by molar-refractivity contribution is -0.152. The standard InChI is InChI=1S/C29H36Cl3N5O3.H2S/c1-29(40,19-13-20(30)15-21(31)14-19)28(39)36-7-5-24(6-8-36)37-17-23(18-37)33-22-3-4-25(26(32)16-22)27(38)35-11-9-34(2)10-12-35;/h3-4,13-16,23-24,33,40H,5-12,17-18H2,1-2H3;1H2/t29-;/m0./s1. The van der Waals surface area contributed by atoms with Gasteiger partial charge in [-0.1, -0.05) is 34.8 Å². The Labute approximate surface area is 263 Å². The third-order valence-electron chi connectivity index (χ3n) is 8.38. The van der Waals surface area contributed by atoms with Gasteiger partial charge in [0.05, 0.1) is 16.6 Å². The number of carbonyl (C=O) groups is 2. The van der Waals surface area contributed by atoms with Gasteiger partial charge in [-0.3, -0.25) is 14.5 Å². The van der Waals surface area contributed by atoms with Gasteiger partial charge in [0.25, 0.3) is 11.8 Å². The maximum Gasteiger partial charge on any atom is 0.258 e. The van der Waals surface area contributed by atoms with Gasteiger partial charge in [0.1, 0.15) is 0 Å². The Bertz CT molecular complexity index is 1240. The summed E-state index contributed by atoms with van der Waals surface area (Å²) in [6.45, 7) is 7.64. The van der Waals surface area contributed by atoms with Crippen LogP contribution in [0.25, 0.3) is 0 Å². The van der Waals surface area contributed by atoms with Crippen molar-refractivity contribution in [1.29, 1.82) is 0 Å². The van der Waals surface area contributed by atoms with Crippen LogP contribution in [-0.4, -0.2) is 108 Å². The summed E-state index contributed by atoms with van der Waals surface area (Å²) in [5.74, 6) is -0.346. The van der Waals surface area contributed by atoms with Gasteiger partial charge in [-0.05, 0) is 68.8 Å². The van der Waals surface area contributed by atoms with E-state index in [2.05, 4.69) is 22.2 Å². The highest BCUT2D eigenvalue weighted by atomic mass is 35.5. The summed E-state index contributed by atoms with van der Waals surface area (Å²) in [6, 6.07) is 11.0. The minimum absolute atomic E-state index is 0. The van der Waals surface area contributed by atoms with Crippen molar-refractivity contribution in [3.63, 3.8) is 0 Å². The van der Waals surface area contributed by atoms with E-state index in [4.69, 9.17) is 34.8 Å². The highest BCUT2D eigenvalue weighted by Crippen LogP contribution is 2.32. The number of benzene rings is 2. The predicted octanol–water partition coefficient (Wildman–Crippen LogP) is 4.14. The summed E-state index contributed by atoms with van der Waals surface area (Å²) in [7, 11) is 2.06. The molecule has 5 rings (SSSR count). The molecule has 1 atom stereocenters. The van der Waals surface area contributed by atoms with E-state index in [0.29, 0.717) is 64.5 Å². The van der Waals surface area contributed by atoms with Crippen molar-refractivity contribution in [2.75, 3.05) is 64.7 Å². The number of likely N-dealkylation sites (N-methyl/N-ethyl adjacent to an activating group) is 1. The summed E-state index contributed by atoms with van der Waals surface area (Å²) < 4.78 is 0. The van der Waals surface area contributed by atoms with Crippen molar-refractivity contribution in [3.05, 3.63) is 62.6 Å². The van der Waals surface area contributed by atoms with Gasteiger partial charge < -0.3 is 25.1 Å². The molecule has 3 saturated heterocycles. The Morgan fingerprint density at radius 3 is 2.10 bits per heavy atom. The van der Waals surface area contributed by atoms with E-state index in [0.717, 1.165) is 44.7 Å². The van der Waals surface area contributed by atoms with Gasteiger partial charge >= 0.3 is 0 Å². The highest BCUT2D eigenvalue weighted by Gasteiger charge is 2.40. The molecule has 2 amide bonds. The Morgan fingerprint density at radius 1 is 0.902 bits per heavy atom. The molecule has 0 bridgehead atoms. The molecule has 0 spiro atoms. The lowest BCUT2D eigenvalue weighted by Gasteiger charge is -2.48. The van der Waals surface area contributed by atoms with Crippen molar-refractivity contribution >= 4 is 65.8 Å². The molecule has 41 heavy (non-hydrogen) atoms. The van der Waals surface area contributed by atoms with E-state index in [1.54, 1.807) is 23.1 Å². The molecule has 0 aromatic heterocycles. The van der Waals surface area contributed by atoms with Crippen molar-refractivity contribution < 1.29 is 14.7 Å². The Kier molecular flexibility index (Phi) is 10.4. The van der Waals surface area contributed by atoms with Gasteiger partial charge in [0, 0.05) is 74.1 Å². The number of aliphatic hydroxyl groups is 1. The van der Waals surface area contributed by atoms with Gasteiger partial charge in [0.15, 0.2) is 5.60 Å². The van der Waals surface area contributed by atoms with Crippen LogP contribution in [0, 0.1) is 0 Å². The fourth-order valence-corrected chi connectivity index (χ4v) is 6.58. The third kappa shape index (κ3) is 7.26. The zero-order valence-electron chi connectivity index (χ0n) is 23.4. The monoisotopic (exact) mass is 641 g/mol.